The van der Waals surface area contributed by atoms with Crippen molar-refractivity contribution in [3.8, 4) is 0 Å². The van der Waals surface area contributed by atoms with Crippen molar-refractivity contribution in [1.29, 1.82) is 0 Å². The van der Waals surface area contributed by atoms with Gasteiger partial charge in [0, 0.05) is 25.5 Å². The van der Waals surface area contributed by atoms with Gasteiger partial charge in [-0.2, -0.15) is 0 Å². The molecule has 0 aliphatic heterocycles. The number of amides is 2. The van der Waals surface area contributed by atoms with Gasteiger partial charge in [-0.25, -0.2) is 14.0 Å². The van der Waals surface area contributed by atoms with Gasteiger partial charge in [-0.05, 0) is 36.4 Å². The average molecular weight is 349 g/mol. The Kier molecular flexibility index (Phi) is 4.02. The van der Waals surface area contributed by atoms with Gasteiger partial charge in [-0.15, -0.1) is 0 Å². The maximum atomic E-state index is 13.1. The highest BCUT2D eigenvalue weighted by atomic mass is 35.5. The molecule has 0 aliphatic carbocycles. The number of anilines is 2. The minimum absolute atomic E-state index is 0.0755. The number of hydrogen-bond donors (Lipinski definition) is 2. The van der Waals surface area contributed by atoms with Crippen LogP contribution in [0.3, 0.4) is 0 Å². The molecule has 2 amide bonds. The summed E-state index contributed by atoms with van der Waals surface area (Å²) in [6.07, 6.45) is 0. The predicted molar refractivity (Wildman–Crippen MR) is 92.2 cm³/mol. The number of nitrogens with zero attached hydrogens (tertiary/aromatic N) is 2. The molecule has 2 N–H and O–H groups in total. The van der Waals surface area contributed by atoms with E-state index in [1.165, 1.54) is 27.3 Å². The summed E-state index contributed by atoms with van der Waals surface area (Å²) in [5.41, 5.74) is 2.21. The lowest BCUT2D eigenvalue weighted by Gasteiger charge is -2.08. The Labute approximate surface area is 141 Å². The topological polar surface area (TPSA) is 68.1 Å². The van der Waals surface area contributed by atoms with E-state index in [0.717, 1.165) is 5.52 Å². The van der Waals surface area contributed by atoms with Gasteiger partial charge >= 0.3 is 11.7 Å². The number of aromatic nitrogens is 2. The van der Waals surface area contributed by atoms with Gasteiger partial charge in [0.2, 0.25) is 0 Å². The van der Waals surface area contributed by atoms with Crippen LogP contribution in [0.5, 0.6) is 0 Å². The van der Waals surface area contributed by atoms with Crippen molar-refractivity contribution >= 4 is 40.0 Å². The SMILES string of the molecule is Cn1c(=O)n(C)c2cc(NC(=O)Nc3ccc(F)c(Cl)c3)ccc21. The van der Waals surface area contributed by atoms with Crippen LogP contribution >= 0.6 is 11.6 Å². The van der Waals surface area contributed by atoms with E-state index in [1.54, 1.807) is 32.3 Å². The maximum absolute atomic E-state index is 13.1. The van der Waals surface area contributed by atoms with E-state index >= 15 is 0 Å². The van der Waals surface area contributed by atoms with Gasteiger partial charge in [0.15, 0.2) is 0 Å². The third-order valence-electron chi connectivity index (χ3n) is 3.71. The van der Waals surface area contributed by atoms with Crippen LogP contribution in [0.2, 0.25) is 5.02 Å². The predicted octanol–water partition coefficient (Wildman–Crippen LogP) is 3.31. The molecule has 0 aliphatic rings. The molecule has 0 atom stereocenters. The zero-order valence-corrected chi connectivity index (χ0v) is 13.7. The second-order valence-corrected chi connectivity index (χ2v) is 5.72. The third-order valence-corrected chi connectivity index (χ3v) is 4.00. The zero-order chi connectivity index (χ0) is 17.4. The monoisotopic (exact) mass is 348 g/mol. The molecule has 0 fully saturated rings. The normalized spacial score (nSPS) is 10.8. The van der Waals surface area contributed by atoms with E-state index in [2.05, 4.69) is 10.6 Å². The Morgan fingerprint density at radius 2 is 1.58 bits per heavy atom. The molecule has 0 spiro atoms. The number of urea groups is 1. The van der Waals surface area contributed by atoms with E-state index in [4.69, 9.17) is 11.6 Å². The summed E-state index contributed by atoms with van der Waals surface area (Å²) in [6.45, 7) is 0. The molecule has 0 saturated carbocycles. The summed E-state index contributed by atoms with van der Waals surface area (Å²) in [7, 11) is 3.35. The largest absolute Gasteiger partial charge is 0.328 e. The number of halogens is 2. The number of fused-ring (bicyclic) bond motifs is 1. The van der Waals surface area contributed by atoms with Crippen molar-refractivity contribution in [1.82, 2.24) is 9.13 Å². The van der Waals surface area contributed by atoms with Crippen LogP contribution in [0.1, 0.15) is 0 Å². The Balaban J connectivity index is 1.81. The Hall–Kier alpha value is -2.80. The highest BCUT2D eigenvalue weighted by Gasteiger charge is 2.10. The number of nitrogens with one attached hydrogen (secondary N) is 2. The van der Waals surface area contributed by atoms with Crippen molar-refractivity contribution < 1.29 is 9.18 Å². The van der Waals surface area contributed by atoms with Gasteiger partial charge < -0.3 is 10.6 Å². The molecule has 8 heteroatoms. The van der Waals surface area contributed by atoms with Crippen LogP contribution in [-0.4, -0.2) is 15.2 Å². The van der Waals surface area contributed by atoms with Crippen LogP contribution in [0, 0.1) is 5.82 Å². The molecule has 124 valence electrons. The first-order chi connectivity index (χ1) is 11.4. The molecule has 2 aromatic carbocycles. The van der Waals surface area contributed by atoms with E-state index in [0.29, 0.717) is 16.9 Å². The zero-order valence-electron chi connectivity index (χ0n) is 12.9. The summed E-state index contributed by atoms with van der Waals surface area (Å²) in [6, 6.07) is 8.54. The van der Waals surface area contributed by atoms with Gasteiger partial charge in [0.1, 0.15) is 5.82 Å². The smallest absolute Gasteiger partial charge is 0.308 e. The molecule has 1 heterocycles. The minimum atomic E-state index is -0.557. The van der Waals surface area contributed by atoms with Crippen LogP contribution in [0.4, 0.5) is 20.6 Å². The van der Waals surface area contributed by atoms with Crippen molar-refractivity contribution in [2.45, 2.75) is 0 Å². The molecule has 0 radical (unpaired) electrons. The second kappa shape index (κ2) is 6.01. The van der Waals surface area contributed by atoms with Gasteiger partial charge in [-0.1, -0.05) is 11.6 Å². The first kappa shape index (κ1) is 16.1. The third kappa shape index (κ3) is 2.85. The Morgan fingerprint density at radius 1 is 1.00 bits per heavy atom. The first-order valence-electron chi connectivity index (χ1n) is 7.05. The number of imidazole rings is 1. The van der Waals surface area contributed by atoms with Gasteiger partial charge in [0.05, 0.1) is 16.1 Å². The van der Waals surface area contributed by atoms with Crippen LogP contribution in [0.25, 0.3) is 11.0 Å². The van der Waals surface area contributed by atoms with Crippen LogP contribution in [-0.2, 0) is 14.1 Å². The van der Waals surface area contributed by atoms with Crippen LogP contribution in [0.15, 0.2) is 41.2 Å². The summed E-state index contributed by atoms with van der Waals surface area (Å²) in [4.78, 5) is 23.9. The molecule has 24 heavy (non-hydrogen) atoms. The van der Waals surface area contributed by atoms with E-state index in [9.17, 15) is 14.0 Å². The average Bonchev–Trinajstić information content (AvgIpc) is 2.75. The Bertz CT molecular complexity index is 1010. The number of aryl methyl sites for hydroxylation is 2. The van der Waals surface area contributed by atoms with E-state index < -0.39 is 11.8 Å². The summed E-state index contributed by atoms with van der Waals surface area (Å²) >= 11 is 5.68. The molecule has 3 rings (SSSR count). The number of rotatable bonds is 2. The lowest BCUT2D eigenvalue weighted by molar-refractivity contribution is 0.262. The molecule has 0 saturated heterocycles. The van der Waals surface area contributed by atoms with Crippen molar-refractivity contribution in [2.75, 3.05) is 10.6 Å². The molecule has 0 unspecified atom stereocenters. The fourth-order valence-corrected chi connectivity index (χ4v) is 2.63. The van der Waals surface area contributed by atoms with Gasteiger partial charge in [0.25, 0.3) is 0 Å². The quantitative estimate of drug-likeness (QED) is 0.746. The highest BCUT2D eigenvalue weighted by Crippen LogP contribution is 2.20. The van der Waals surface area contributed by atoms with Crippen molar-refractivity contribution in [2.24, 2.45) is 14.1 Å². The summed E-state index contributed by atoms with van der Waals surface area (Å²) in [5.74, 6) is -0.557. The van der Waals surface area contributed by atoms with Gasteiger partial charge in [-0.3, -0.25) is 9.13 Å². The lowest BCUT2D eigenvalue weighted by atomic mass is 10.2. The van der Waals surface area contributed by atoms with Crippen molar-refractivity contribution in [3.63, 3.8) is 0 Å². The number of carbonyl (C=O) groups is 1. The maximum Gasteiger partial charge on any atom is 0.328 e. The summed E-state index contributed by atoms with van der Waals surface area (Å²) in [5, 5.41) is 5.15. The second-order valence-electron chi connectivity index (χ2n) is 5.31. The fourth-order valence-electron chi connectivity index (χ4n) is 2.45. The standard InChI is InChI=1S/C16H14ClFN4O2/c1-21-13-6-4-10(8-14(13)22(2)16(21)24)20-15(23)19-9-3-5-12(18)11(17)7-9/h3-8H,1-2H3,(H2,19,20,23). The summed E-state index contributed by atoms with van der Waals surface area (Å²) < 4.78 is 16.1. The molecular weight excluding hydrogens is 335 g/mol. The highest BCUT2D eigenvalue weighted by molar-refractivity contribution is 6.31. The molecule has 3 aromatic rings. The lowest BCUT2D eigenvalue weighted by Crippen LogP contribution is -2.19. The molecule has 6 nitrogen and oxygen atoms in total. The van der Waals surface area contributed by atoms with E-state index in [-0.39, 0.29) is 10.7 Å². The Morgan fingerprint density at radius 3 is 2.25 bits per heavy atom. The molecule has 1 aromatic heterocycles. The molecular formula is C16H14ClFN4O2. The van der Waals surface area contributed by atoms with Crippen LogP contribution < -0.4 is 16.3 Å². The molecule has 0 bridgehead atoms. The number of benzene rings is 2. The van der Waals surface area contributed by atoms with E-state index in [1.807, 2.05) is 0 Å². The first-order valence-corrected chi connectivity index (χ1v) is 7.43. The number of carbonyl (C=O) groups excluding carboxylic acids is 1. The minimum Gasteiger partial charge on any atom is -0.308 e. The van der Waals surface area contributed by atoms with Crippen molar-refractivity contribution in [3.05, 3.63) is 57.7 Å². The number of hydrogen-bond acceptors (Lipinski definition) is 2. The fraction of sp³-hybridized carbons (Fsp3) is 0.125.